The van der Waals surface area contributed by atoms with E-state index in [2.05, 4.69) is 9.80 Å². The van der Waals surface area contributed by atoms with E-state index in [0.29, 0.717) is 6.04 Å². The summed E-state index contributed by atoms with van der Waals surface area (Å²) in [6.07, 6.45) is 11.9. The molecular weight excluding hydrogens is 248 g/mol. The van der Waals surface area contributed by atoms with Gasteiger partial charge in [-0.1, -0.05) is 19.3 Å². The third-order valence-corrected chi connectivity index (χ3v) is 5.34. The Hall–Kier alpha value is -0.770. The molecule has 0 aromatic rings. The third-order valence-electron chi connectivity index (χ3n) is 5.34. The van der Waals surface area contributed by atoms with E-state index >= 15 is 0 Å². The van der Waals surface area contributed by atoms with E-state index in [1.165, 1.54) is 70.9 Å². The van der Waals surface area contributed by atoms with Crippen molar-refractivity contribution < 1.29 is 0 Å². The van der Waals surface area contributed by atoms with Crippen molar-refractivity contribution in [3.8, 4) is 0 Å². The SMILES string of the molecule is NC(=NC1CCCC1)N1CCC(N2CCCCC2)CC1. The van der Waals surface area contributed by atoms with Gasteiger partial charge in [0.2, 0.25) is 0 Å². The summed E-state index contributed by atoms with van der Waals surface area (Å²) < 4.78 is 0. The third kappa shape index (κ3) is 3.46. The lowest BCUT2D eigenvalue weighted by atomic mass is 10.00. The average molecular weight is 278 g/mol. The number of hydrogen-bond donors (Lipinski definition) is 1. The van der Waals surface area contributed by atoms with E-state index in [1.807, 2.05) is 0 Å². The molecule has 3 aliphatic rings. The van der Waals surface area contributed by atoms with Crippen LogP contribution in [0.2, 0.25) is 0 Å². The van der Waals surface area contributed by atoms with E-state index < -0.39 is 0 Å². The van der Waals surface area contributed by atoms with Crippen LogP contribution in [0.5, 0.6) is 0 Å². The Balaban J connectivity index is 1.47. The van der Waals surface area contributed by atoms with Crippen LogP contribution in [0.25, 0.3) is 0 Å². The molecule has 0 atom stereocenters. The average Bonchev–Trinajstić information content (AvgIpc) is 3.01. The second kappa shape index (κ2) is 6.79. The summed E-state index contributed by atoms with van der Waals surface area (Å²) in [5.41, 5.74) is 6.21. The Morgan fingerprint density at radius 1 is 0.800 bits per heavy atom. The van der Waals surface area contributed by atoms with Crippen molar-refractivity contribution in [2.24, 2.45) is 10.7 Å². The zero-order chi connectivity index (χ0) is 13.8. The zero-order valence-corrected chi connectivity index (χ0v) is 12.8. The van der Waals surface area contributed by atoms with E-state index in [-0.39, 0.29) is 0 Å². The van der Waals surface area contributed by atoms with Crippen LogP contribution in [0, 0.1) is 0 Å². The molecule has 1 aliphatic carbocycles. The van der Waals surface area contributed by atoms with Gasteiger partial charge in [0.1, 0.15) is 0 Å². The number of aliphatic imine (C=N–C) groups is 1. The van der Waals surface area contributed by atoms with E-state index in [9.17, 15) is 0 Å². The molecule has 2 saturated heterocycles. The van der Waals surface area contributed by atoms with E-state index in [1.54, 1.807) is 0 Å². The highest BCUT2D eigenvalue weighted by Gasteiger charge is 2.26. The predicted octanol–water partition coefficient (Wildman–Crippen LogP) is 2.19. The van der Waals surface area contributed by atoms with Crippen LogP contribution in [0.15, 0.2) is 4.99 Å². The molecule has 0 amide bonds. The minimum atomic E-state index is 0.509. The van der Waals surface area contributed by atoms with Crippen LogP contribution in [0.3, 0.4) is 0 Å². The molecule has 4 heteroatoms. The molecule has 0 spiro atoms. The van der Waals surface area contributed by atoms with Crippen molar-refractivity contribution in [2.75, 3.05) is 26.2 Å². The first-order valence-electron chi connectivity index (χ1n) is 8.65. The van der Waals surface area contributed by atoms with Gasteiger partial charge in [-0.15, -0.1) is 0 Å². The second-order valence-electron chi connectivity index (χ2n) is 6.74. The van der Waals surface area contributed by atoms with Crippen LogP contribution >= 0.6 is 0 Å². The van der Waals surface area contributed by atoms with Gasteiger partial charge in [-0.05, 0) is 51.6 Å². The van der Waals surface area contributed by atoms with Crippen molar-refractivity contribution in [1.29, 1.82) is 0 Å². The van der Waals surface area contributed by atoms with Crippen LogP contribution in [0.1, 0.15) is 57.8 Å². The Morgan fingerprint density at radius 2 is 1.45 bits per heavy atom. The summed E-state index contributed by atoms with van der Waals surface area (Å²) >= 11 is 0. The Labute approximate surface area is 123 Å². The first-order chi connectivity index (χ1) is 9.83. The number of hydrogen-bond acceptors (Lipinski definition) is 2. The molecule has 3 rings (SSSR count). The van der Waals surface area contributed by atoms with E-state index in [0.717, 1.165) is 25.1 Å². The van der Waals surface area contributed by atoms with Gasteiger partial charge in [0.15, 0.2) is 5.96 Å². The summed E-state index contributed by atoms with van der Waals surface area (Å²) in [6.45, 7) is 4.83. The van der Waals surface area contributed by atoms with Crippen LogP contribution < -0.4 is 5.73 Å². The second-order valence-corrected chi connectivity index (χ2v) is 6.74. The first kappa shape index (κ1) is 14.2. The number of nitrogens with zero attached hydrogens (tertiary/aromatic N) is 3. The van der Waals surface area contributed by atoms with Gasteiger partial charge in [0.05, 0.1) is 6.04 Å². The highest BCUT2D eigenvalue weighted by atomic mass is 15.3. The van der Waals surface area contributed by atoms with Crippen molar-refractivity contribution in [2.45, 2.75) is 69.9 Å². The quantitative estimate of drug-likeness (QED) is 0.622. The standard InChI is InChI=1S/C16H30N4/c17-16(18-14-6-2-3-7-14)20-12-8-15(9-13-20)19-10-4-1-5-11-19/h14-15H,1-13H2,(H2,17,18). The number of rotatable bonds is 2. The lowest BCUT2D eigenvalue weighted by Crippen LogP contribution is -2.50. The summed E-state index contributed by atoms with van der Waals surface area (Å²) in [6, 6.07) is 1.31. The normalized spacial score (nSPS) is 28.2. The number of nitrogens with two attached hydrogens (primary N) is 1. The molecule has 0 aromatic heterocycles. The Bertz CT molecular complexity index is 321. The van der Waals surface area contributed by atoms with Crippen molar-refractivity contribution in [1.82, 2.24) is 9.80 Å². The summed E-state index contributed by atoms with van der Waals surface area (Å²) in [5, 5.41) is 0. The van der Waals surface area contributed by atoms with Gasteiger partial charge in [-0.2, -0.15) is 0 Å². The molecule has 0 radical (unpaired) electrons. The maximum Gasteiger partial charge on any atom is 0.191 e. The molecular formula is C16H30N4. The lowest BCUT2D eigenvalue weighted by molar-refractivity contribution is 0.114. The van der Waals surface area contributed by atoms with Gasteiger partial charge >= 0.3 is 0 Å². The molecule has 0 bridgehead atoms. The van der Waals surface area contributed by atoms with Gasteiger partial charge in [0, 0.05) is 19.1 Å². The highest BCUT2D eigenvalue weighted by molar-refractivity contribution is 5.78. The Morgan fingerprint density at radius 3 is 2.10 bits per heavy atom. The number of piperidine rings is 2. The molecule has 0 aromatic carbocycles. The molecule has 20 heavy (non-hydrogen) atoms. The minimum absolute atomic E-state index is 0.509. The zero-order valence-electron chi connectivity index (χ0n) is 12.8. The van der Waals surface area contributed by atoms with Crippen molar-refractivity contribution in [3.63, 3.8) is 0 Å². The fraction of sp³-hybridized carbons (Fsp3) is 0.938. The van der Waals surface area contributed by atoms with Crippen LogP contribution in [-0.4, -0.2) is 54.0 Å². The number of guanidine groups is 1. The molecule has 1 saturated carbocycles. The summed E-state index contributed by atoms with van der Waals surface area (Å²) in [7, 11) is 0. The molecule has 4 nitrogen and oxygen atoms in total. The smallest absolute Gasteiger partial charge is 0.191 e. The van der Waals surface area contributed by atoms with Gasteiger partial charge in [-0.25, -0.2) is 4.99 Å². The number of likely N-dealkylation sites (tertiary alicyclic amines) is 2. The minimum Gasteiger partial charge on any atom is -0.370 e. The maximum atomic E-state index is 6.21. The maximum absolute atomic E-state index is 6.21. The molecule has 114 valence electrons. The molecule has 0 unspecified atom stereocenters. The van der Waals surface area contributed by atoms with Crippen LogP contribution in [0.4, 0.5) is 0 Å². The molecule has 2 heterocycles. The topological polar surface area (TPSA) is 44.9 Å². The molecule has 2 N–H and O–H groups in total. The van der Waals surface area contributed by atoms with Crippen molar-refractivity contribution in [3.05, 3.63) is 0 Å². The monoisotopic (exact) mass is 278 g/mol. The van der Waals surface area contributed by atoms with Gasteiger partial charge in [0.25, 0.3) is 0 Å². The summed E-state index contributed by atoms with van der Waals surface area (Å²) in [5.74, 6) is 0.814. The first-order valence-corrected chi connectivity index (χ1v) is 8.65. The molecule has 2 aliphatic heterocycles. The highest BCUT2D eigenvalue weighted by Crippen LogP contribution is 2.23. The predicted molar refractivity (Wildman–Crippen MR) is 83.9 cm³/mol. The van der Waals surface area contributed by atoms with Gasteiger partial charge < -0.3 is 15.5 Å². The molecule has 3 fully saturated rings. The fourth-order valence-corrected chi connectivity index (χ4v) is 4.05. The largest absolute Gasteiger partial charge is 0.370 e. The lowest BCUT2D eigenvalue weighted by Gasteiger charge is -2.40. The van der Waals surface area contributed by atoms with E-state index in [4.69, 9.17) is 10.7 Å². The van der Waals surface area contributed by atoms with Gasteiger partial charge in [-0.3, -0.25) is 0 Å². The summed E-state index contributed by atoms with van der Waals surface area (Å²) in [4.78, 5) is 9.78. The van der Waals surface area contributed by atoms with Crippen LogP contribution in [-0.2, 0) is 0 Å². The van der Waals surface area contributed by atoms with Crippen molar-refractivity contribution >= 4 is 5.96 Å². The fourth-order valence-electron chi connectivity index (χ4n) is 4.05. The Kier molecular flexibility index (Phi) is 4.81.